The first kappa shape index (κ1) is 29.8. The molecule has 2 radical (unpaired) electrons. The number of rotatable bonds is 2. The van der Waals surface area contributed by atoms with Crippen molar-refractivity contribution >= 4 is 11.6 Å². The van der Waals surface area contributed by atoms with Crippen LogP contribution < -0.4 is 0 Å². The second-order valence-electron chi connectivity index (χ2n) is 7.51. The molecule has 4 aliphatic rings. The number of carbonyl (C=O) groups excluding carboxylic acids is 2. The molecule has 29 heavy (non-hydrogen) atoms. The number of carbonyl (C=O) groups is 2. The summed E-state index contributed by atoms with van der Waals surface area (Å²) >= 11 is 0. The summed E-state index contributed by atoms with van der Waals surface area (Å²) in [6.45, 7) is 6.74. The van der Waals surface area contributed by atoms with Gasteiger partial charge >= 0.3 is 0 Å². The van der Waals surface area contributed by atoms with Gasteiger partial charge in [0.2, 0.25) is 0 Å². The maximum Gasteiger partial charge on any atom is 0.187 e. The molecule has 2 unspecified atom stereocenters. The van der Waals surface area contributed by atoms with Gasteiger partial charge in [0.25, 0.3) is 0 Å². The molecule has 2 N–H and O–H groups in total. The fourth-order valence-electron chi connectivity index (χ4n) is 3.45. The quantitative estimate of drug-likeness (QED) is 0.505. The summed E-state index contributed by atoms with van der Waals surface area (Å²) in [5.41, 5.74) is 1.22. The number of ether oxygens (including phenoxy) is 4. The van der Waals surface area contributed by atoms with Gasteiger partial charge in [0.15, 0.2) is 35.3 Å². The van der Waals surface area contributed by atoms with Gasteiger partial charge in [-0.3, -0.25) is 9.59 Å². The smallest absolute Gasteiger partial charge is 0.187 e. The van der Waals surface area contributed by atoms with Crippen molar-refractivity contribution in [1.29, 1.82) is 0 Å². The summed E-state index contributed by atoms with van der Waals surface area (Å²) in [6.07, 6.45) is 0.962. The predicted octanol–water partition coefficient (Wildman–Crippen LogP) is 0.647. The van der Waals surface area contributed by atoms with E-state index in [1.807, 2.05) is 0 Å². The van der Waals surface area contributed by atoms with Crippen molar-refractivity contribution in [1.82, 2.24) is 0 Å². The third-order valence-electron chi connectivity index (χ3n) is 4.51. The van der Waals surface area contributed by atoms with Gasteiger partial charge in [-0.15, -0.1) is 0 Å². The van der Waals surface area contributed by atoms with Crippen molar-refractivity contribution in [3.05, 3.63) is 23.3 Å². The molecule has 0 spiro atoms. The van der Waals surface area contributed by atoms with Crippen LogP contribution in [0.25, 0.3) is 0 Å². The summed E-state index contributed by atoms with van der Waals surface area (Å²) in [5.74, 6) is -1.67. The molecule has 2 saturated heterocycles. The van der Waals surface area contributed by atoms with E-state index < -0.39 is 23.8 Å². The maximum atomic E-state index is 11.3. The molecule has 2 fully saturated rings. The Hall–Kier alpha value is 0.788. The van der Waals surface area contributed by atoms with Crippen molar-refractivity contribution in [2.24, 2.45) is 0 Å². The van der Waals surface area contributed by atoms with Crippen LogP contribution in [0.15, 0.2) is 23.3 Å². The van der Waals surface area contributed by atoms with E-state index in [2.05, 4.69) is 0 Å². The predicted molar refractivity (Wildman–Crippen MR) is 94.7 cm³/mol. The molecule has 2 aliphatic carbocycles. The zero-order valence-corrected chi connectivity index (χ0v) is 22.1. The van der Waals surface area contributed by atoms with Crippen LogP contribution in [0.2, 0.25) is 0 Å². The molecule has 8 nitrogen and oxygen atoms in total. The zero-order valence-electron chi connectivity index (χ0n) is 16.4. The summed E-state index contributed by atoms with van der Waals surface area (Å²) in [7, 11) is 0. The van der Waals surface area contributed by atoms with Crippen LogP contribution in [0.3, 0.4) is 0 Å². The number of aliphatic hydroxyl groups excluding tert-OH is 2. The fourth-order valence-corrected chi connectivity index (χ4v) is 3.45. The second kappa shape index (κ2) is 11.1. The fraction of sp³-hybridized carbons (Fsp3) is 0.684. The van der Waals surface area contributed by atoms with Crippen LogP contribution in [0.4, 0.5) is 0 Å². The van der Waals surface area contributed by atoms with E-state index in [1.165, 1.54) is 12.2 Å². The summed E-state index contributed by atoms with van der Waals surface area (Å²) < 4.78 is 21.7. The molecule has 2 heterocycles. The molecule has 0 aromatic rings. The van der Waals surface area contributed by atoms with Gasteiger partial charge in [0.1, 0.15) is 12.2 Å². The first-order chi connectivity index (χ1) is 12.1. The molecular formula is C19H28O8Y2. The van der Waals surface area contributed by atoms with Crippen molar-refractivity contribution in [3.63, 3.8) is 0 Å². The number of hydrogen-bond donors (Lipinski definition) is 2. The molecule has 0 aromatic heterocycles. The molecule has 4 rings (SSSR count). The van der Waals surface area contributed by atoms with Crippen LogP contribution in [0, 0.1) is 0 Å². The summed E-state index contributed by atoms with van der Waals surface area (Å²) in [5, 5.41) is 17.9. The van der Waals surface area contributed by atoms with E-state index in [0.29, 0.717) is 11.1 Å². The van der Waals surface area contributed by atoms with Crippen LogP contribution in [0.5, 0.6) is 0 Å². The Bertz CT molecular complexity index is 628. The molecule has 158 valence electrons. The summed E-state index contributed by atoms with van der Waals surface area (Å²) in [6, 6.07) is 0. The minimum absolute atomic E-state index is 0. The van der Waals surface area contributed by atoms with Crippen LogP contribution in [-0.2, 0) is 94.0 Å². The first-order valence-electron chi connectivity index (χ1n) is 8.48. The Morgan fingerprint density at radius 3 is 1.28 bits per heavy atom. The third-order valence-corrected chi connectivity index (χ3v) is 4.51. The standard InChI is InChI=1S/2C9H12O4.CH4.2Y/c2*1-9(2)12-7-5(4-10)3-6(11)8(7)13-9;;;/h2*3,7-8,10H,4H2,1-2H3;1H4;;/t2*7-,8?;;;/m10.../s1. The Kier molecular flexibility index (Phi) is 11.4. The summed E-state index contributed by atoms with van der Waals surface area (Å²) in [4.78, 5) is 22.6. The average molecular weight is 562 g/mol. The van der Waals surface area contributed by atoms with Crippen molar-refractivity contribution in [3.8, 4) is 0 Å². The van der Waals surface area contributed by atoms with Gasteiger partial charge in [-0.1, -0.05) is 7.43 Å². The van der Waals surface area contributed by atoms with Gasteiger partial charge in [-0.2, -0.15) is 0 Å². The Morgan fingerprint density at radius 1 is 0.724 bits per heavy atom. The Labute approximate surface area is 221 Å². The maximum absolute atomic E-state index is 11.3. The Morgan fingerprint density at radius 2 is 1.00 bits per heavy atom. The third kappa shape index (κ3) is 6.41. The van der Waals surface area contributed by atoms with Crippen LogP contribution in [-0.4, -0.2) is 71.0 Å². The number of ketones is 2. The minimum atomic E-state index is -0.723. The van der Waals surface area contributed by atoms with Crippen molar-refractivity contribution < 1.29 is 104 Å². The minimum Gasteiger partial charge on any atom is -0.392 e. The van der Waals surface area contributed by atoms with E-state index in [4.69, 9.17) is 29.2 Å². The van der Waals surface area contributed by atoms with Gasteiger partial charge in [-0.25, -0.2) is 0 Å². The molecule has 4 atom stereocenters. The van der Waals surface area contributed by atoms with E-state index in [-0.39, 0.29) is 110 Å². The van der Waals surface area contributed by atoms with Crippen LogP contribution in [0.1, 0.15) is 35.1 Å². The Balaban J connectivity index is 0.000000490. The number of aliphatic hydroxyl groups is 2. The van der Waals surface area contributed by atoms with Gasteiger partial charge in [0, 0.05) is 65.4 Å². The van der Waals surface area contributed by atoms with Gasteiger partial charge in [-0.05, 0) is 51.0 Å². The van der Waals surface area contributed by atoms with E-state index in [1.54, 1.807) is 27.7 Å². The van der Waals surface area contributed by atoms with Crippen LogP contribution >= 0.6 is 0 Å². The molecule has 10 heteroatoms. The van der Waals surface area contributed by atoms with Gasteiger partial charge in [0.05, 0.1) is 13.2 Å². The molecular weight excluding hydrogens is 534 g/mol. The van der Waals surface area contributed by atoms with Gasteiger partial charge < -0.3 is 29.2 Å². The average Bonchev–Trinajstić information content (AvgIpc) is 3.21. The normalized spacial score (nSPS) is 32.5. The molecule has 2 aliphatic heterocycles. The number of hydrogen-bond acceptors (Lipinski definition) is 8. The van der Waals surface area contributed by atoms with Crippen molar-refractivity contribution in [2.75, 3.05) is 13.2 Å². The molecule has 0 saturated carbocycles. The van der Waals surface area contributed by atoms with E-state index in [0.717, 1.165) is 0 Å². The van der Waals surface area contributed by atoms with E-state index in [9.17, 15) is 9.59 Å². The zero-order chi connectivity index (χ0) is 19.3. The topological polar surface area (TPSA) is 112 Å². The second-order valence-corrected chi connectivity index (χ2v) is 7.51. The monoisotopic (exact) mass is 562 g/mol. The SMILES string of the molecule is C.CC1(C)OC2C(=O)C=C(CO)[C@@H]2O1.CC1(C)OC2C(=O)C=C(CO)[C@H]2O1.[Y].[Y]. The van der Waals surface area contributed by atoms with E-state index >= 15 is 0 Å². The number of fused-ring (bicyclic) bond motifs is 2. The van der Waals surface area contributed by atoms with Crippen molar-refractivity contribution in [2.45, 2.75) is 71.1 Å². The largest absolute Gasteiger partial charge is 0.392 e. The first-order valence-corrected chi connectivity index (χ1v) is 8.48. The molecule has 0 bridgehead atoms. The molecule has 0 amide bonds. The molecule has 0 aromatic carbocycles.